The summed E-state index contributed by atoms with van der Waals surface area (Å²) in [4.78, 5) is 35.2. The number of esters is 1. The molecule has 0 aliphatic rings. The lowest BCUT2D eigenvalue weighted by Crippen LogP contribution is -2.12. The van der Waals surface area contributed by atoms with E-state index in [1.807, 2.05) is 0 Å². The standard InChI is InChI=1S/C17H11ClN2O5/c1-25-17(22)13-9-19(15-5-3-2-4-11(13)15)16(21)12-8-10(20(23)24)6-7-14(12)18/h2-9H,1H3. The Bertz CT molecular complexity index is 1030. The minimum absolute atomic E-state index is 0.0342. The Morgan fingerprint density at radius 3 is 2.56 bits per heavy atom. The zero-order valence-electron chi connectivity index (χ0n) is 12.9. The van der Waals surface area contributed by atoms with Crippen LogP contribution in [0, 0.1) is 10.1 Å². The number of nitrogens with zero attached hydrogens (tertiary/aromatic N) is 2. The van der Waals surface area contributed by atoms with Gasteiger partial charge < -0.3 is 4.74 Å². The van der Waals surface area contributed by atoms with Gasteiger partial charge in [-0.1, -0.05) is 29.8 Å². The first-order valence-corrected chi connectivity index (χ1v) is 7.49. The first-order chi connectivity index (χ1) is 11.9. The summed E-state index contributed by atoms with van der Waals surface area (Å²) in [5.41, 5.74) is 0.397. The largest absolute Gasteiger partial charge is 0.465 e. The number of ether oxygens (including phenoxy) is 1. The van der Waals surface area contributed by atoms with E-state index in [0.717, 1.165) is 6.07 Å². The lowest BCUT2D eigenvalue weighted by molar-refractivity contribution is -0.384. The topological polar surface area (TPSA) is 91.4 Å². The Morgan fingerprint density at radius 2 is 1.88 bits per heavy atom. The number of rotatable bonds is 3. The fraction of sp³-hybridized carbons (Fsp3) is 0.0588. The zero-order valence-corrected chi connectivity index (χ0v) is 13.7. The van der Waals surface area contributed by atoms with Crippen molar-refractivity contribution in [3.63, 3.8) is 0 Å². The Balaban J connectivity index is 2.20. The van der Waals surface area contributed by atoms with Crippen LogP contribution >= 0.6 is 11.6 Å². The summed E-state index contributed by atoms with van der Waals surface area (Å²) in [5, 5.41) is 11.6. The molecule has 0 saturated heterocycles. The predicted molar refractivity (Wildman–Crippen MR) is 91.1 cm³/mol. The number of nitro groups is 1. The van der Waals surface area contributed by atoms with Gasteiger partial charge in [0, 0.05) is 23.7 Å². The number of halogens is 1. The number of hydrogen-bond donors (Lipinski definition) is 0. The number of hydrogen-bond acceptors (Lipinski definition) is 5. The maximum absolute atomic E-state index is 12.9. The molecule has 0 amide bonds. The van der Waals surface area contributed by atoms with Gasteiger partial charge in [-0.05, 0) is 12.1 Å². The van der Waals surface area contributed by atoms with E-state index in [2.05, 4.69) is 0 Å². The molecule has 3 aromatic rings. The van der Waals surface area contributed by atoms with Crippen molar-refractivity contribution in [2.45, 2.75) is 0 Å². The monoisotopic (exact) mass is 358 g/mol. The van der Waals surface area contributed by atoms with E-state index in [1.165, 1.54) is 30.0 Å². The van der Waals surface area contributed by atoms with Crippen LogP contribution in [0.3, 0.4) is 0 Å². The van der Waals surface area contributed by atoms with Gasteiger partial charge in [0.1, 0.15) is 0 Å². The third-order valence-electron chi connectivity index (χ3n) is 3.73. The minimum Gasteiger partial charge on any atom is -0.465 e. The molecule has 1 heterocycles. The molecule has 8 heteroatoms. The fourth-order valence-electron chi connectivity index (χ4n) is 2.54. The fourth-order valence-corrected chi connectivity index (χ4v) is 2.74. The average molecular weight is 359 g/mol. The quantitative estimate of drug-likeness (QED) is 0.404. The van der Waals surface area contributed by atoms with Crippen LogP contribution in [-0.4, -0.2) is 28.5 Å². The predicted octanol–water partition coefficient (Wildman–Crippen LogP) is 3.68. The van der Waals surface area contributed by atoms with E-state index in [-0.39, 0.29) is 21.8 Å². The molecular formula is C17H11ClN2O5. The van der Waals surface area contributed by atoms with E-state index in [4.69, 9.17) is 16.3 Å². The molecule has 0 atom stereocenters. The molecule has 2 aromatic carbocycles. The van der Waals surface area contributed by atoms with Crippen molar-refractivity contribution in [3.05, 3.63) is 74.9 Å². The van der Waals surface area contributed by atoms with Crippen molar-refractivity contribution in [3.8, 4) is 0 Å². The molecule has 126 valence electrons. The van der Waals surface area contributed by atoms with Gasteiger partial charge >= 0.3 is 5.97 Å². The Kier molecular flexibility index (Phi) is 4.24. The van der Waals surface area contributed by atoms with Gasteiger partial charge in [-0.25, -0.2) is 4.79 Å². The molecule has 0 unspecified atom stereocenters. The molecule has 0 fully saturated rings. The molecule has 0 N–H and O–H groups in total. The molecule has 0 aliphatic carbocycles. The summed E-state index contributed by atoms with van der Waals surface area (Å²) in [6, 6.07) is 10.4. The van der Waals surface area contributed by atoms with Gasteiger partial charge in [-0.15, -0.1) is 0 Å². The second-order valence-corrected chi connectivity index (χ2v) is 5.56. The van der Waals surface area contributed by atoms with E-state index in [9.17, 15) is 19.7 Å². The molecule has 0 saturated carbocycles. The molecule has 1 aromatic heterocycles. The molecular weight excluding hydrogens is 348 g/mol. The van der Waals surface area contributed by atoms with Crippen molar-refractivity contribution in [1.29, 1.82) is 0 Å². The Morgan fingerprint density at radius 1 is 1.16 bits per heavy atom. The van der Waals surface area contributed by atoms with Crippen LogP contribution in [0.1, 0.15) is 20.7 Å². The van der Waals surface area contributed by atoms with Crippen molar-refractivity contribution in [1.82, 2.24) is 4.57 Å². The van der Waals surface area contributed by atoms with E-state index in [1.54, 1.807) is 24.3 Å². The normalized spacial score (nSPS) is 10.6. The first-order valence-electron chi connectivity index (χ1n) is 7.11. The molecule has 0 spiro atoms. The van der Waals surface area contributed by atoms with Crippen LogP contribution in [0.25, 0.3) is 10.9 Å². The van der Waals surface area contributed by atoms with Crippen LogP contribution in [0.5, 0.6) is 0 Å². The number of para-hydroxylation sites is 1. The van der Waals surface area contributed by atoms with Crippen molar-refractivity contribution >= 4 is 40.1 Å². The molecule has 3 rings (SSSR count). The molecule has 0 bridgehead atoms. The summed E-state index contributed by atoms with van der Waals surface area (Å²) in [7, 11) is 1.24. The van der Waals surface area contributed by atoms with Crippen LogP contribution in [0.15, 0.2) is 48.7 Å². The molecule has 0 aliphatic heterocycles. The summed E-state index contributed by atoms with van der Waals surface area (Å²) >= 11 is 6.05. The number of benzene rings is 2. The number of fused-ring (bicyclic) bond motifs is 1. The van der Waals surface area contributed by atoms with Crippen LogP contribution in [0.2, 0.25) is 5.02 Å². The number of nitro benzene ring substituents is 1. The maximum Gasteiger partial charge on any atom is 0.340 e. The summed E-state index contributed by atoms with van der Waals surface area (Å²) < 4.78 is 5.97. The van der Waals surface area contributed by atoms with Crippen LogP contribution in [-0.2, 0) is 4.74 Å². The summed E-state index contributed by atoms with van der Waals surface area (Å²) in [5.74, 6) is -1.17. The van der Waals surface area contributed by atoms with Gasteiger partial charge in [0.2, 0.25) is 0 Å². The lowest BCUT2D eigenvalue weighted by Gasteiger charge is -2.06. The number of carbonyl (C=O) groups is 2. The second-order valence-electron chi connectivity index (χ2n) is 5.15. The highest BCUT2D eigenvalue weighted by molar-refractivity contribution is 6.34. The average Bonchev–Trinajstić information content (AvgIpc) is 3.00. The lowest BCUT2D eigenvalue weighted by atomic mass is 10.1. The first kappa shape index (κ1) is 16.7. The Labute approximate surface area is 146 Å². The van der Waals surface area contributed by atoms with Gasteiger partial charge in [0.05, 0.1) is 33.7 Å². The zero-order chi connectivity index (χ0) is 18.1. The third-order valence-corrected chi connectivity index (χ3v) is 4.06. The van der Waals surface area contributed by atoms with Crippen molar-refractivity contribution in [2.24, 2.45) is 0 Å². The van der Waals surface area contributed by atoms with E-state index < -0.39 is 16.8 Å². The van der Waals surface area contributed by atoms with Crippen molar-refractivity contribution in [2.75, 3.05) is 7.11 Å². The van der Waals surface area contributed by atoms with Gasteiger partial charge in [0.15, 0.2) is 0 Å². The summed E-state index contributed by atoms with van der Waals surface area (Å²) in [6.45, 7) is 0. The number of carbonyl (C=O) groups excluding carboxylic acids is 2. The maximum atomic E-state index is 12.9. The van der Waals surface area contributed by atoms with E-state index >= 15 is 0 Å². The van der Waals surface area contributed by atoms with E-state index in [0.29, 0.717) is 10.9 Å². The van der Waals surface area contributed by atoms with Crippen molar-refractivity contribution < 1.29 is 19.2 Å². The van der Waals surface area contributed by atoms with Gasteiger partial charge in [-0.2, -0.15) is 0 Å². The number of methoxy groups -OCH3 is 1. The Hall–Kier alpha value is -3.19. The molecule has 25 heavy (non-hydrogen) atoms. The minimum atomic E-state index is -0.610. The highest BCUT2D eigenvalue weighted by Crippen LogP contribution is 2.27. The van der Waals surface area contributed by atoms with Crippen LogP contribution < -0.4 is 0 Å². The van der Waals surface area contributed by atoms with Crippen LogP contribution in [0.4, 0.5) is 5.69 Å². The third kappa shape index (κ3) is 2.85. The SMILES string of the molecule is COC(=O)c1cn(C(=O)c2cc([N+](=O)[O-])ccc2Cl)c2ccccc12. The van der Waals surface area contributed by atoms with Gasteiger partial charge in [-0.3, -0.25) is 19.5 Å². The second kappa shape index (κ2) is 6.37. The number of non-ortho nitro benzene ring substituents is 1. The molecule has 7 nitrogen and oxygen atoms in total. The number of aromatic nitrogens is 1. The highest BCUT2D eigenvalue weighted by Gasteiger charge is 2.22. The van der Waals surface area contributed by atoms with Gasteiger partial charge in [0.25, 0.3) is 11.6 Å². The summed E-state index contributed by atoms with van der Waals surface area (Å²) in [6.07, 6.45) is 1.34. The molecule has 0 radical (unpaired) electrons. The highest BCUT2D eigenvalue weighted by atomic mass is 35.5. The smallest absolute Gasteiger partial charge is 0.340 e.